The van der Waals surface area contributed by atoms with Gasteiger partial charge in [0.25, 0.3) is 0 Å². The Kier molecular flexibility index (Phi) is 5.22. The first-order valence-electron chi connectivity index (χ1n) is 8.93. The van der Waals surface area contributed by atoms with Crippen molar-refractivity contribution < 1.29 is 22.9 Å². The number of anilines is 1. The molecule has 3 N–H and O–H groups in total. The molecule has 0 aliphatic carbocycles. The number of hydrogen-bond acceptors (Lipinski definition) is 1. The second-order valence-corrected chi connectivity index (χ2v) is 7.18. The van der Waals surface area contributed by atoms with Crippen molar-refractivity contribution in [1.82, 2.24) is 5.32 Å². The molecule has 2 bridgehead atoms. The fourth-order valence-electron chi connectivity index (χ4n) is 4.30. The molecule has 4 rings (SSSR count). The molecule has 1 aromatic carbocycles. The van der Waals surface area contributed by atoms with Crippen LogP contribution in [0, 0.1) is 11.8 Å². The summed E-state index contributed by atoms with van der Waals surface area (Å²) >= 11 is 0. The zero-order valence-corrected chi connectivity index (χ0v) is 14.3. The third-order valence-electron chi connectivity index (χ3n) is 5.67. The summed E-state index contributed by atoms with van der Waals surface area (Å²) in [5.74, 6) is 1.54. The van der Waals surface area contributed by atoms with E-state index >= 15 is 0 Å². The van der Waals surface area contributed by atoms with Crippen molar-refractivity contribution in [2.75, 3.05) is 25.0 Å². The van der Waals surface area contributed by atoms with Gasteiger partial charge in [-0.15, -0.1) is 0 Å². The Balaban J connectivity index is 1.51. The Morgan fingerprint density at radius 1 is 1.36 bits per heavy atom. The highest BCUT2D eigenvalue weighted by molar-refractivity contribution is 5.89. The van der Waals surface area contributed by atoms with Crippen LogP contribution in [0.15, 0.2) is 24.3 Å². The van der Waals surface area contributed by atoms with Gasteiger partial charge in [-0.1, -0.05) is 13.0 Å². The third-order valence-corrected chi connectivity index (χ3v) is 5.67. The number of piperidine rings is 3. The molecule has 4 atom stereocenters. The molecule has 0 spiro atoms. The summed E-state index contributed by atoms with van der Waals surface area (Å²) < 4.78 is 38.1. The highest BCUT2D eigenvalue weighted by atomic mass is 19.4. The molecule has 1 unspecified atom stereocenters. The van der Waals surface area contributed by atoms with E-state index in [0.29, 0.717) is 12.6 Å². The fourth-order valence-corrected chi connectivity index (χ4v) is 4.30. The van der Waals surface area contributed by atoms with Crippen LogP contribution in [0.4, 0.5) is 23.7 Å². The average molecular weight is 356 g/mol. The van der Waals surface area contributed by atoms with Gasteiger partial charge >= 0.3 is 12.2 Å². The van der Waals surface area contributed by atoms with Crippen LogP contribution in [0.2, 0.25) is 0 Å². The Labute approximate surface area is 145 Å². The van der Waals surface area contributed by atoms with Gasteiger partial charge < -0.3 is 15.5 Å². The van der Waals surface area contributed by atoms with E-state index in [2.05, 4.69) is 17.6 Å². The van der Waals surface area contributed by atoms with Gasteiger partial charge in [-0.3, -0.25) is 0 Å². The van der Waals surface area contributed by atoms with E-state index in [9.17, 15) is 18.0 Å². The number of amides is 2. The lowest BCUT2D eigenvalue weighted by molar-refractivity contribution is -0.945. The minimum absolute atomic E-state index is 0.149. The summed E-state index contributed by atoms with van der Waals surface area (Å²) in [6, 6.07) is 4.64. The standard InChI is InChI=1S/C18H24F3N3O/c1-2-12-11-24-7-6-13(12)8-16(24)10-22-17(25)23-15-5-3-4-14(9-15)18(19,20)21/h3-5,9,12-13,16H,2,6-8,10-11H2,1H3,(H2,22,23,25)/p+1/t12-,13-,16+/m0/s1. The maximum absolute atomic E-state index is 12.7. The number of carbonyl (C=O) groups is 1. The van der Waals surface area contributed by atoms with Crippen LogP contribution in [0.1, 0.15) is 31.7 Å². The molecule has 138 valence electrons. The Hall–Kier alpha value is -1.76. The maximum atomic E-state index is 12.7. The highest BCUT2D eigenvalue weighted by Crippen LogP contribution is 2.31. The Morgan fingerprint density at radius 3 is 2.80 bits per heavy atom. The lowest BCUT2D eigenvalue weighted by Crippen LogP contribution is -3.20. The summed E-state index contributed by atoms with van der Waals surface area (Å²) in [5.41, 5.74) is -0.618. The zero-order valence-electron chi connectivity index (χ0n) is 14.3. The van der Waals surface area contributed by atoms with Crippen LogP contribution >= 0.6 is 0 Å². The molecule has 3 aliphatic heterocycles. The van der Waals surface area contributed by atoms with Gasteiger partial charge in [0.15, 0.2) is 0 Å². The number of carbonyl (C=O) groups excluding carboxylic acids is 1. The molecule has 3 aliphatic rings. The predicted molar refractivity (Wildman–Crippen MR) is 89.5 cm³/mol. The van der Waals surface area contributed by atoms with Gasteiger partial charge in [-0.25, -0.2) is 4.79 Å². The minimum atomic E-state index is -4.41. The average Bonchev–Trinajstić information content (AvgIpc) is 2.60. The highest BCUT2D eigenvalue weighted by Gasteiger charge is 2.42. The number of nitrogens with one attached hydrogen (secondary N) is 3. The summed E-state index contributed by atoms with van der Waals surface area (Å²) in [7, 11) is 0. The predicted octanol–water partition coefficient (Wildman–Crippen LogP) is 2.53. The first-order chi connectivity index (χ1) is 11.9. The molecule has 3 fully saturated rings. The summed E-state index contributed by atoms with van der Waals surface area (Å²) in [4.78, 5) is 13.6. The van der Waals surface area contributed by atoms with E-state index < -0.39 is 17.8 Å². The number of halogens is 3. The molecule has 3 heterocycles. The molecule has 2 amide bonds. The number of fused-ring (bicyclic) bond motifs is 3. The Morgan fingerprint density at radius 2 is 2.16 bits per heavy atom. The number of hydrogen-bond donors (Lipinski definition) is 3. The second-order valence-electron chi connectivity index (χ2n) is 7.18. The number of alkyl halides is 3. The van der Waals surface area contributed by atoms with Crippen LogP contribution < -0.4 is 15.5 Å². The van der Waals surface area contributed by atoms with Crippen LogP contribution in [0.3, 0.4) is 0 Å². The van der Waals surface area contributed by atoms with E-state index in [0.717, 1.165) is 36.9 Å². The first kappa shape index (κ1) is 18.0. The van der Waals surface area contributed by atoms with Gasteiger partial charge in [0.2, 0.25) is 0 Å². The van der Waals surface area contributed by atoms with Crippen molar-refractivity contribution in [3.8, 4) is 0 Å². The van der Waals surface area contributed by atoms with Gasteiger partial charge in [-0.2, -0.15) is 13.2 Å². The zero-order chi connectivity index (χ0) is 18.0. The largest absolute Gasteiger partial charge is 0.416 e. The Bertz CT molecular complexity index is 620. The summed E-state index contributed by atoms with van der Waals surface area (Å²) in [6.07, 6.45) is -0.815. The van der Waals surface area contributed by atoms with Crippen LogP contribution in [-0.2, 0) is 6.18 Å². The molecular formula is C18H25F3N3O+. The van der Waals surface area contributed by atoms with E-state index in [1.165, 1.54) is 31.5 Å². The summed E-state index contributed by atoms with van der Waals surface area (Å²) in [5, 5.41) is 5.32. The molecule has 4 nitrogen and oxygen atoms in total. The number of benzene rings is 1. The van der Waals surface area contributed by atoms with Gasteiger partial charge in [-0.05, 0) is 30.5 Å². The molecular weight excluding hydrogens is 331 g/mol. The van der Waals surface area contributed by atoms with Gasteiger partial charge in [0, 0.05) is 24.4 Å². The van der Waals surface area contributed by atoms with Crippen molar-refractivity contribution >= 4 is 11.7 Å². The first-order valence-corrected chi connectivity index (χ1v) is 8.93. The molecule has 0 saturated carbocycles. The second kappa shape index (κ2) is 7.23. The monoisotopic (exact) mass is 356 g/mol. The maximum Gasteiger partial charge on any atom is 0.416 e. The van der Waals surface area contributed by atoms with E-state index in [4.69, 9.17) is 0 Å². The molecule has 0 radical (unpaired) electrons. The lowest BCUT2D eigenvalue weighted by atomic mass is 9.74. The topological polar surface area (TPSA) is 45.6 Å². The molecule has 25 heavy (non-hydrogen) atoms. The minimum Gasteiger partial charge on any atom is -0.332 e. The van der Waals surface area contributed by atoms with E-state index in [1.807, 2.05) is 0 Å². The molecule has 1 aromatic rings. The number of urea groups is 1. The van der Waals surface area contributed by atoms with Gasteiger partial charge in [0.1, 0.15) is 6.04 Å². The van der Waals surface area contributed by atoms with Crippen molar-refractivity contribution in [2.45, 2.75) is 38.4 Å². The number of quaternary nitrogens is 1. The van der Waals surface area contributed by atoms with Crippen molar-refractivity contribution in [2.24, 2.45) is 11.8 Å². The third kappa shape index (κ3) is 4.26. The van der Waals surface area contributed by atoms with Crippen LogP contribution in [0.25, 0.3) is 0 Å². The quantitative estimate of drug-likeness (QED) is 0.763. The van der Waals surface area contributed by atoms with Gasteiger partial charge in [0.05, 0.1) is 25.2 Å². The number of rotatable bonds is 4. The molecule has 3 saturated heterocycles. The van der Waals surface area contributed by atoms with E-state index in [-0.39, 0.29) is 5.69 Å². The van der Waals surface area contributed by atoms with Crippen molar-refractivity contribution in [3.05, 3.63) is 29.8 Å². The normalized spacial score (nSPS) is 28.6. The lowest BCUT2D eigenvalue weighted by Gasteiger charge is -2.46. The molecule has 7 heteroatoms. The SMILES string of the molecule is CC[C@H]1C[NH+]2CC[C@H]1C[C@@H]2CNC(=O)Nc1cccc(C(F)(F)F)c1. The summed E-state index contributed by atoms with van der Waals surface area (Å²) in [6.45, 7) is 5.13. The smallest absolute Gasteiger partial charge is 0.332 e. The van der Waals surface area contributed by atoms with Crippen LogP contribution in [-0.4, -0.2) is 31.7 Å². The van der Waals surface area contributed by atoms with Crippen LogP contribution in [0.5, 0.6) is 0 Å². The molecule has 0 aromatic heterocycles. The van der Waals surface area contributed by atoms with Crippen molar-refractivity contribution in [1.29, 1.82) is 0 Å². The van der Waals surface area contributed by atoms with Crippen molar-refractivity contribution in [3.63, 3.8) is 0 Å². The fraction of sp³-hybridized carbons (Fsp3) is 0.611. The van der Waals surface area contributed by atoms with E-state index in [1.54, 1.807) is 4.90 Å².